The smallest absolute Gasteiger partial charge is 0.451 e. The third-order valence-corrected chi connectivity index (χ3v) is 5.97. The van der Waals surface area contributed by atoms with E-state index in [0.717, 1.165) is 10.6 Å². The Morgan fingerprint density at radius 3 is 2.45 bits per heavy atom. The number of hydrogen-bond acceptors (Lipinski definition) is 7. The largest absolute Gasteiger partial charge is 0.870 e. The first kappa shape index (κ1) is 31.9. The van der Waals surface area contributed by atoms with Gasteiger partial charge in [0.15, 0.2) is 17.5 Å². The van der Waals surface area contributed by atoms with Gasteiger partial charge in [-0.2, -0.15) is 13.2 Å². The molecule has 1 amide bonds. The molecule has 2 aromatic carbocycles. The molecule has 0 fully saturated rings. The van der Waals surface area contributed by atoms with Crippen molar-refractivity contribution in [3.8, 4) is 11.5 Å². The number of aliphatic carboxylic acids is 1. The number of rotatable bonds is 7. The van der Waals surface area contributed by atoms with E-state index in [2.05, 4.69) is 10.2 Å². The van der Waals surface area contributed by atoms with Gasteiger partial charge in [0, 0.05) is 37.7 Å². The van der Waals surface area contributed by atoms with Gasteiger partial charge in [-0.25, -0.2) is 18.0 Å². The molecule has 0 saturated heterocycles. The lowest BCUT2D eigenvalue weighted by atomic mass is 10.0. The monoisotopic (exact) mass is 600 g/mol. The molecule has 42 heavy (non-hydrogen) atoms. The quantitative estimate of drug-likeness (QED) is 0.239. The zero-order chi connectivity index (χ0) is 31.2. The van der Waals surface area contributed by atoms with Crippen LogP contribution < -0.4 is 15.6 Å². The highest BCUT2D eigenvalue weighted by molar-refractivity contribution is 5.85. The summed E-state index contributed by atoms with van der Waals surface area (Å²) in [4.78, 5) is 23.8. The van der Waals surface area contributed by atoms with Crippen LogP contribution in [0.1, 0.15) is 29.2 Å². The van der Waals surface area contributed by atoms with Crippen LogP contribution in [0.5, 0.6) is 11.5 Å². The van der Waals surface area contributed by atoms with Crippen LogP contribution >= 0.6 is 0 Å². The molecule has 10 nitrogen and oxygen atoms in total. The van der Waals surface area contributed by atoms with Crippen molar-refractivity contribution >= 4 is 18.0 Å². The van der Waals surface area contributed by atoms with Crippen molar-refractivity contribution in [1.29, 1.82) is 0 Å². The molecule has 0 radical (unpaired) electrons. The predicted molar refractivity (Wildman–Crippen MR) is 132 cm³/mol. The second kappa shape index (κ2) is 13.4. The lowest BCUT2D eigenvalue weighted by Gasteiger charge is -2.29. The molecule has 1 aliphatic rings. The van der Waals surface area contributed by atoms with Gasteiger partial charge >= 0.3 is 12.1 Å². The van der Waals surface area contributed by atoms with E-state index < -0.39 is 47.4 Å². The Hall–Kier alpha value is -4.60. The summed E-state index contributed by atoms with van der Waals surface area (Å²) in [7, 11) is 1.39. The van der Waals surface area contributed by atoms with Crippen molar-refractivity contribution in [2.45, 2.75) is 38.1 Å². The molecule has 16 heteroatoms. The number of alkyl halides is 3. The molecule has 0 aliphatic carbocycles. The summed E-state index contributed by atoms with van der Waals surface area (Å²) in [5.41, 5.74) is 6.25. The minimum absolute atomic E-state index is 0.000783. The van der Waals surface area contributed by atoms with E-state index in [1.165, 1.54) is 36.3 Å². The summed E-state index contributed by atoms with van der Waals surface area (Å²) in [5, 5.41) is 26.0. The minimum atomic E-state index is -4.64. The zero-order valence-corrected chi connectivity index (χ0v) is 21.9. The summed E-state index contributed by atoms with van der Waals surface area (Å²) in [6.45, 7) is -0.302. The first-order valence-electron chi connectivity index (χ1n) is 12.1. The van der Waals surface area contributed by atoms with Gasteiger partial charge in [-0.15, -0.1) is 10.2 Å². The zero-order valence-electron chi connectivity index (χ0n) is 21.9. The summed E-state index contributed by atoms with van der Waals surface area (Å²) in [6.07, 6.45) is -2.71. The fourth-order valence-electron chi connectivity index (χ4n) is 3.96. The molecule has 2 heterocycles. The Bertz CT molecular complexity index is 1480. The standard InChI is InChI=1S/C16H15F6N5O.C10H10O4/c17-10-6-12(19)11(18)4-8(10)3-9(23)5-14(28)26-1-2-27-13(7-26)24-25-15(27)16(20,21)22;1-14-9-6-7(2-4-8(9)11)3-5-10(12)13/h4,6,9H,1-3,5,7,23H2;2-6,11H,1H3,(H,12,13)/p-1/b;5-3+/t9-;/m1./s1. The lowest BCUT2D eigenvalue weighted by Crippen LogP contribution is -2.42. The molecule has 0 spiro atoms. The Kier molecular flexibility index (Phi) is 10.2. The predicted octanol–water partition coefficient (Wildman–Crippen LogP) is 2.88. The number of nitrogens with two attached hydrogens (primary N) is 1. The Labute approximate surface area is 234 Å². The average molecular weight is 600 g/mol. The Morgan fingerprint density at radius 2 is 1.81 bits per heavy atom. The number of methoxy groups -OCH3 is 1. The Balaban J connectivity index is 0.000000291. The second-order valence-corrected chi connectivity index (χ2v) is 9.01. The molecule has 4 rings (SSSR count). The van der Waals surface area contributed by atoms with Crippen molar-refractivity contribution in [2.24, 2.45) is 5.73 Å². The van der Waals surface area contributed by atoms with Gasteiger partial charge in [-0.1, -0.05) is 17.9 Å². The van der Waals surface area contributed by atoms with Crippen LogP contribution in [0.4, 0.5) is 26.3 Å². The number of carboxylic acids is 1. The van der Waals surface area contributed by atoms with Gasteiger partial charge < -0.3 is 30.2 Å². The maximum Gasteiger partial charge on any atom is 0.451 e. The fourth-order valence-corrected chi connectivity index (χ4v) is 3.96. The van der Waals surface area contributed by atoms with E-state index in [-0.39, 0.29) is 55.4 Å². The molecule has 0 bridgehead atoms. The molecule has 3 aromatic rings. The molecule has 3 N–H and O–H groups in total. The van der Waals surface area contributed by atoms with Crippen LogP contribution in [-0.2, 0) is 35.3 Å². The van der Waals surface area contributed by atoms with Crippen molar-refractivity contribution in [3.05, 3.63) is 76.6 Å². The normalized spacial score (nSPS) is 13.8. The van der Waals surface area contributed by atoms with Gasteiger partial charge in [0.2, 0.25) is 11.7 Å². The van der Waals surface area contributed by atoms with Crippen LogP contribution in [0.3, 0.4) is 0 Å². The summed E-state index contributed by atoms with van der Waals surface area (Å²) in [5.74, 6) is -6.20. The molecular weight excluding hydrogens is 576 g/mol. The number of nitrogens with zero attached hydrogens (tertiary/aromatic N) is 4. The van der Waals surface area contributed by atoms with Crippen LogP contribution in [0.15, 0.2) is 36.4 Å². The first-order chi connectivity index (χ1) is 19.7. The van der Waals surface area contributed by atoms with Crippen LogP contribution in [0.2, 0.25) is 0 Å². The molecule has 1 atom stereocenters. The van der Waals surface area contributed by atoms with Crippen molar-refractivity contribution in [2.75, 3.05) is 13.7 Å². The van der Waals surface area contributed by atoms with E-state index in [1.54, 1.807) is 0 Å². The van der Waals surface area contributed by atoms with Gasteiger partial charge in [-0.3, -0.25) is 4.79 Å². The van der Waals surface area contributed by atoms with E-state index in [1.807, 2.05) is 0 Å². The topological polar surface area (TPSA) is 147 Å². The maximum atomic E-state index is 13.7. The number of hydrogen-bond donors (Lipinski definition) is 2. The number of carbonyl (C=O) groups is 2. The van der Waals surface area contributed by atoms with Gasteiger partial charge in [-0.05, 0) is 35.8 Å². The highest BCUT2D eigenvalue weighted by atomic mass is 19.4. The summed E-state index contributed by atoms with van der Waals surface area (Å²) in [6, 6.07) is 4.54. The van der Waals surface area contributed by atoms with E-state index >= 15 is 0 Å². The number of aromatic nitrogens is 3. The molecular formula is C26H24F6N5O5-. The van der Waals surface area contributed by atoms with E-state index in [0.29, 0.717) is 17.7 Å². The molecule has 0 saturated carbocycles. The minimum Gasteiger partial charge on any atom is -0.870 e. The summed E-state index contributed by atoms with van der Waals surface area (Å²) >= 11 is 0. The number of amides is 1. The number of carboxylic acid groups (broad SMARTS) is 1. The highest BCUT2D eigenvalue weighted by Gasteiger charge is 2.40. The third-order valence-electron chi connectivity index (χ3n) is 5.97. The van der Waals surface area contributed by atoms with E-state index in [9.17, 15) is 41.0 Å². The van der Waals surface area contributed by atoms with Crippen molar-refractivity contribution in [1.82, 2.24) is 19.7 Å². The van der Waals surface area contributed by atoms with Gasteiger partial charge in [0.05, 0.1) is 13.7 Å². The number of benzene rings is 2. The molecule has 1 aromatic heterocycles. The summed E-state index contributed by atoms with van der Waals surface area (Å²) < 4.78 is 84.1. The van der Waals surface area contributed by atoms with Crippen LogP contribution in [-0.4, -0.2) is 56.3 Å². The number of halogens is 6. The maximum absolute atomic E-state index is 13.7. The number of ether oxygens (including phenoxy) is 1. The number of fused-ring (bicyclic) bond motifs is 1. The second-order valence-electron chi connectivity index (χ2n) is 9.01. The van der Waals surface area contributed by atoms with E-state index in [4.69, 9.17) is 15.6 Å². The number of carbonyl (C=O) groups excluding carboxylic acids is 1. The van der Waals surface area contributed by atoms with Gasteiger partial charge in [0.1, 0.15) is 11.6 Å². The molecule has 1 aliphatic heterocycles. The molecule has 226 valence electrons. The first-order valence-corrected chi connectivity index (χ1v) is 12.1. The van der Waals surface area contributed by atoms with Crippen molar-refractivity contribution in [3.63, 3.8) is 0 Å². The van der Waals surface area contributed by atoms with Crippen LogP contribution in [0, 0.1) is 17.5 Å². The average Bonchev–Trinajstić information content (AvgIpc) is 3.35. The SMILES string of the molecule is COc1cc(/C=C/C(=O)O)ccc1[O-].N[C@@H](CC(=O)N1CCn2c(nnc2C(F)(F)F)C1)Cc1cc(F)c(F)cc1F. The van der Waals surface area contributed by atoms with Gasteiger partial charge in [0.25, 0.3) is 0 Å². The van der Waals surface area contributed by atoms with Crippen molar-refractivity contribution < 1.29 is 50.9 Å². The van der Waals surface area contributed by atoms with Crippen LogP contribution in [0.25, 0.3) is 6.08 Å². The Morgan fingerprint density at radius 1 is 1.12 bits per heavy atom. The third kappa shape index (κ3) is 8.22. The molecule has 0 unspecified atom stereocenters. The highest BCUT2D eigenvalue weighted by Crippen LogP contribution is 2.29. The lowest BCUT2D eigenvalue weighted by molar-refractivity contribution is -0.270. The fraction of sp³-hybridized carbons (Fsp3) is 0.308.